The summed E-state index contributed by atoms with van der Waals surface area (Å²) in [5.74, 6) is 0.182. The molecule has 8 heteroatoms. The summed E-state index contributed by atoms with van der Waals surface area (Å²) in [4.78, 5) is 16.2. The van der Waals surface area contributed by atoms with Crippen molar-refractivity contribution >= 4 is 35.0 Å². The molecular formula is C16H12ClFN4OS. The first-order valence-corrected chi connectivity index (χ1v) is 8.33. The molecule has 0 fully saturated rings. The molecule has 3 aromatic rings. The van der Waals surface area contributed by atoms with Crippen molar-refractivity contribution in [3.8, 4) is 11.4 Å². The third-order valence-electron chi connectivity index (χ3n) is 3.02. The molecule has 0 aliphatic rings. The van der Waals surface area contributed by atoms with E-state index in [1.165, 1.54) is 23.9 Å². The number of carbonyl (C=O) groups excluding carboxylic acids is 1. The van der Waals surface area contributed by atoms with Crippen LogP contribution in [0.1, 0.15) is 0 Å². The molecule has 2 N–H and O–H groups in total. The van der Waals surface area contributed by atoms with Crippen molar-refractivity contribution in [1.82, 2.24) is 15.2 Å². The smallest absolute Gasteiger partial charge is 0.234 e. The first kappa shape index (κ1) is 16.5. The van der Waals surface area contributed by atoms with Crippen molar-refractivity contribution in [2.75, 3.05) is 11.1 Å². The Hall–Kier alpha value is -2.38. The second kappa shape index (κ2) is 7.46. The van der Waals surface area contributed by atoms with Gasteiger partial charge in [0.25, 0.3) is 0 Å². The number of rotatable bonds is 5. The predicted octanol–water partition coefficient (Wildman–Crippen LogP) is 4.00. The molecule has 1 heterocycles. The van der Waals surface area contributed by atoms with Crippen molar-refractivity contribution in [1.29, 1.82) is 0 Å². The number of nitrogens with zero attached hydrogens (tertiary/aromatic N) is 2. The second-order valence-corrected chi connectivity index (χ2v) is 6.20. The molecule has 5 nitrogen and oxygen atoms in total. The van der Waals surface area contributed by atoms with Gasteiger partial charge in [0.05, 0.1) is 5.75 Å². The highest BCUT2D eigenvalue weighted by Crippen LogP contribution is 2.20. The molecule has 1 amide bonds. The number of anilines is 1. The summed E-state index contributed by atoms with van der Waals surface area (Å²) < 4.78 is 12.9. The monoisotopic (exact) mass is 362 g/mol. The predicted molar refractivity (Wildman–Crippen MR) is 92.6 cm³/mol. The SMILES string of the molecule is O=C(CSc1n[nH]c(-c2ccc(F)cc2)n1)Nc1cccc(Cl)c1. The fraction of sp³-hybridized carbons (Fsp3) is 0.0625. The molecule has 0 aliphatic heterocycles. The summed E-state index contributed by atoms with van der Waals surface area (Å²) in [6.45, 7) is 0. The fourth-order valence-corrected chi connectivity index (χ4v) is 2.73. The normalized spacial score (nSPS) is 10.6. The van der Waals surface area contributed by atoms with Crippen molar-refractivity contribution in [3.63, 3.8) is 0 Å². The van der Waals surface area contributed by atoms with Gasteiger partial charge in [-0.3, -0.25) is 9.89 Å². The van der Waals surface area contributed by atoms with E-state index in [0.29, 0.717) is 21.7 Å². The standard InChI is InChI=1S/C16H12ClFN4OS/c17-11-2-1-3-13(8-11)19-14(23)9-24-16-20-15(21-22-16)10-4-6-12(18)7-5-10/h1-8H,9H2,(H,19,23)(H,20,21,22). The van der Waals surface area contributed by atoms with Crippen molar-refractivity contribution in [3.05, 3.63) is 59.4 Å². The van der Waals surface area contributed by atoms with E-state index in [1.807, 2.05) is 0 Å². The summed E-state index contributed by atoms with van der Waals surface area (Å²) in [5.41, 5.74) is 1.36. The molecule has 3 rings (SSSR count). The van der Waals surface area contributed by atoms with E-state index in [0.717, 1.165) is 5.56 Å². The van der Waals surface area contributed by atoms with Crippen LogP contribution in [0, 0.1) is 5.82 Å². The van der Waals surface area contributed by atoms with Gasteiger partial charge in [0.1, 0.15) is 5.82 Å². The molecule has 0 radical (unpaired) electrons. The molecule has 24 heavy (non-hydrogen) atoms. The van der Waals surface area contributed by atoms with Crippen LogP contribution in [0.5, 0.6) is 0 Å². The number of nitrogens with one attached hydrogen (secondary N) is 2. The Morgan fingerprint density at radius 1 is 1.25 bits per heavy atom. The maximum atomic E-state index is 12.9. The maximum Gasteiger partial charge on any atom is 0.234 e. The van der Waals surface area contributed by atoms with E-state index in [-0.39, 0.29) is 17.5 Å². The van der Waals surface area contributed by atoms with Crippen LogP contribution in [0.2, 0.25) is 5.02 Å². The molecule has 0 spiro atoms. The van der Waals surface area contributed by atoms with Gasteiger partial charge in [-0.1, -0.05) is 29.4 Å². The van der Waals surface area contributed by atoms with Crippen LogP contribution in [0.25, 0.3) is 11.4 Å². The van der Waals surface area contributed by atoms with E-state index in [9.17, 15) is 9.18 Å². The van der Waals surface area contributed by atoms with Gasteiger partial charge in [-0.25, -0.2) is 9.37 Å². The first-order valence-electron chi connectivity index (χ1n) is 6.97. The molecule has 122 valence electrons. The third kappa shape index (κ3) is 4.33. The Bertz CT molecular complexity index is 853. The van der Waals surface area contributed by atoms with Gasteiger partial charge < -0.3 is 5.32 Å². The quantitative estimate of drug-likeness (QED) is 0.673. The molecule has 0 saturated heterocycles. The Morgan fingerprint density at radius 2 is 2.04 bits per heavy atom. The Kier molecular flexibility index (Phi) is 5.12. The zero-order valence-electron chi connectivity index (χ0n) is 12.3. The third-order valence-corrected chi connectivity index (χ3v) is 4.11. The van der Waals surface area contributed by atoms with Crippen LogP contribution < -0.4 is 5.32 Å². The summed E-state index contributed by atoms with van der Waals surface area (Å²) in [6.07, 6.45) is 0. The van der Waals surface area contributed by atoms with Gasteiger partial charge in [0.2, 0.25) is 11.1 Å². The minimum Gasteiger partial charge on any atom is -0.325 e. The Morgan fingerprint density at radius 3 is 2.79 bits per heavy atom. The lowest BCUT2D eigenvalue weighted by Gasteiger charge is -2.04. The van der Waals surface area contributed by atoms with Gasteiger partial charge in [-0.05, 0) is 42.5 Å². The van der Waals surface area contributed by atoms with Crippen molar-refractivity contribution in [2.45, 2.75) is 5.16 Å². The zero-order chi connectivity index (χ0) is 16.9. The minimum atomic E-state index is -0.314. The molecule has 2 aromatic carbocycles. The number of carbonyl (C=O) groups is 1. The van der Waals surface area contributed by atoms with E-state index in [4.69, 9.17) is 11.6 Å². The lowest BCUT2D eigenvalue weighted by molar-refractivity contribution is -0.113. The number of hydrogen-bond acceptors (Lipinski definition) is 4. The van der Waals surface area contributed by atoms with Crippen LogP contribution in [-0.4, -0.2) is 26.8 Å². The van der Waals surface area contributed by atoms with E-state index < -0.39 is 0 Å². The van der Waals surface area contributed by atoms with Gasteiger partial charge in [0, 0.05) is 16.3 Å². The summed E-state index contributed by atoms with van der Waals surface area (Å²) in [6, 6.07) is 12.8. The number of aromatic nitrogens is 3. The van der Waals surface area contributed by atoms with Crippen molar-refractivity contribution in [2.24, 2.45) is 0 Å². The van der Waals surface area contributed by atoms with E-state index in [2.05, 4.69) is 20.5 Å². The zero-order valence-corrected chi connectivity index (χ0v) is 13.9. The highest BCUT2D eigenvalue weighted by molar-refractivity contribution is 7.99. The Labute approximate surface area is 146 Å². The van der Waals surface area contributed by atoms with Crippen LogP contribution in [0.15, 0.2) is 53.7 Å². The Balaban J connectivity index is 1.57. The fourth-order valence-electron chi connectivity index (χ4n) is 1.94. The summed E-state index contributed by atoms with van der Waals surface area (Å²) in [5, 5.41) is 10.5. The van der Waals surface area contributed by atoms with Gasteiger partial charge in [-0.15, -0.1) is 5.10 Å². The highest BCUT2D eigenvalue weighted by Gasteiger charge is 2.09. The molecule has 0 saturated carbocycles. The summed E-state index contributed by atoms with van der Waals surface area (Å²) >= 11 is 7.07. The second-order valence-electron chi connectivity index (χ2n) is 4.82. The number of thioether (sulfide) groups is 1. The highest BCUT2D eigenvalue weighted by atomic mass is 35.5. The van der Waals surface area contributed by atoms with Crippen LogP contribution >= 0.6 is 23.4 Å². The van der Waals surface area contributed by atoms with Gasteiger partial charge in [0.15, 0.2) is 5.82 Å². The number of hydrogen-bond donors (Lipinski definition) is 2. The lowest BCUT2D eigenvalue weighted by Crippen LogP contribution is -2.14. The number of H-pyrrole nitrogens is 1. The maximum absolute atomic E-state index is 12.9. The molecular weight excluding hydrogens is 351 g/mol. The van der Waals surface area contributed by atoms with Gasteiger partial charge >= 0.3 is 0 Å². The average molecular weight is 363 g/mol. The molecule has 0 bridgehead atoms. The number of benzene rings is 2. The number of halogens is 2. The lowest BCUT2D eigenvalue weighted by atomic mass is 10.2. The molecule has 1 aromatic heterocycles. The van der Waals surface area contributed by atoms with E-state index in [1.54, 1.807) is 36.4 Å². The largest absolute Gasteiger partial charge is 0.325 e. The number of aromatic amines is 1. The van der Waals surface area contributed by atoms with Crippen LogP contribution in [0.4, 0.5) is 10.1 Å². The van der Waals surface area contributed by atoms with Crippen LogP contribution in [-0.2, 0) is 4.79 Å². The number of amides is 1. The molecule has 0 unspecified atom stereocenters. The topological polar surface area (TPSA) is 70.7 Å². The van der Waals surface area contributed by atoms with Gasteiger partial charge in [-0.2, -0.15) is 0 Å². The molecule has 0 atom stereocenters. The van der Waals surface area contributed by atoms with Crippen LogP contribution in [0.3, 0.4) is 0 Å². The summed E-state index contributed by atoms with van der Waals surface area (Å²) in [7, 11) is 0. The van der Waals surface area contributed by atoms with E-state index >= 15 is 0 Å². The average Bonchev–Trinajstić information content (AvgIpc) is 3.03. The minimum absolute atomic E-state index is 0.160. The van der Waals surface area contributed by atoms with Crippen molar-refractivity contribution < 1.29 is 9.18 Å². The first-order chi connectivity index (χ1) is 11.6. The molecule has 0 aliphatic carbocycles.